The first-order valence-electron chi connectivity index (χ1n) is 6.78. The topological polar surface area (TPSA) is 42.6 Å². The number of hydrogen-bond acceptors (Lipinski definition) is 3. The van der Waals surface area contributed by atoms with Gasteiger partial charge in [-0.15, -0.1) is 0 Å². The van der Waals surface area contributed by atoms with Crippen LogP contribution in [0.1, 0.15) is 28.6 Å². The molecule has 3 aromatic rings. The highest BCUT2D eigenvalue weighted by molar-refractivity contribution is 5.78. The molecule has 0 saturated carbocycles. The van der Waals surface area contributed by atoms with Crippen LogP contribution in [0.3, 0.4) is 0 Å². The Morgan fingerprint density at radius 3 is 2.76 bits per heavy atom. The lowest BCUT2D eigenvalue weighted by molar-refractivity contribution is 0.134. The lowest BCUT2D eigenvalue weighted by Gasteiger charge is -2.09. The molecular formula is C17H13FO3. The van der Waals surface area contributed by atoms with Crippen molar-refractivity contribution in [3.63, 3.8) is 0 Å². The van der Waals surface area contributed by atoms with Gasteiger partial charge in [-0.25, -0.2) is 4.39 Å². The van der Waals surface area contributed by atoms with Crippen LogP contribution in [-0.2, 0) is 18.0 Å². The average Bonchev–Trinajstić information content (AvgIpc) is 3.12. The molecule has 1 aliphatic rings. The van der Waals surface area contributed by atoms with Gasteiger partial charge in [0, 0.05) is 5.39 Å². The molecule has 21 heavy (non-hydrogen) atoms. The molecular weight excluding hydrogens is 271 g/mol. The Labute approximate surface area is 120 Å². The molecule has 0 bridgehead atoms. The molecule has 3 nitrogen and oxygen atoms in total. The summed E-state index contributed by atoms with van der Waals surface area (Å²) >= 11 is 0. The number of rotatable bonds is 2. The van der Waals surface area contributed by atoms with Crippen LogP contribution in [0.15, 0.2) is 46.9 Å². The molecule has 4 heteroatoms. The molecule has 1 aromatic heterocycles. The summed E-state index contributed by atoms with van der Waals surface area (Å²) in [5, 5.41) is 11.1. The van der Waals surface area contributed by atoms with Gasteiger partial charge in [-0.2, -0.15) is 0 Å². The second-order valence-electron chi connectivity index (χ2n) is 5.23. The molecule has 2 heterocycles. The molecule has 0 fully saturated rings. The predicted octanol–water partition coefficient (Wildman–Crippen LogP) is 3.68. The van der Waals surface area contributed by atoms with E-state index < -0.39 is 11.9 Å². The minimum atomic E-state index is -0.914. The fourth-order valence-corrected chi connectivity index (χ4v) is 2.71. The molecule has 4 rings (SSSR count). The van der Waals surface area contributed by atoms with E-state index in [1.165, 1.54) is 6.07 Å². The smallest absolute Gasteiger partial charge is 0.170 e. The number of aliphatic hydroxyl groups excluding tert-OH is 1. The number of furan rings is 1. The van der Waals surface area contributed by atoms with Crippen LogP contribution in [0.25, 0.3) is 11.0 Å². The van der Waals surface area contributed by atoms with Gasteiger partial charge < -0.3 is 14.3 Å². The van der Waals surface area contributed by atoms with Gasteiger partial charge in [0.1, 0.15) is 11.9 Å². The molecule has 0 radical (unpaired) electrons. The van der Waals surface area contributed by atoms with Gasteiger partial charge in [-0.05, 0) is 28.8 Å². The lowest BCUT2D eigenvalue weighted by Crippen LogP contribution is -1.99. The fourth-order valence-electron chi connectivity index (χ4n) is 2.71. The monoisotopic (exact) mass is 284 g/mol. The number of benzene rings is 2. The van der Waals surface area contributed by atoms with Crippen LogP contribution >= 0.6 is 0 Å². The van der Waals surface area contributed by atoms with E-state index in [1.54, 1.807) is 18.2 Å². The van der Waals surface area contributed by atoms with Gasteiger partial charge in [0.25, 0.3) is 0 Å². The standard InChI is InChI=1S/C17H13FO3/c18-14-3-1-2-11-7-15(21-17(11)14)16(19)10-4-5-12-8-20-9-13(12)6-10/h1-7,16,19H,8-9H2. The zero-order valence-electron chi connectivity index (χ0n) is 11.2. The Morgan fingerprint density at radius 2 is 1.90 bits per heavy atom. The van der Waals surface area contributed by atoms with Crippen LogP contribution in [0.5, 0.6) is 0 Å². The normalized spacial score (nSPS) is 15.3. The molecule has 1 unspecified atom stereocenters. The minimum absolute atomic E-state index is 0.177. The number of ether oxygens (including phenoxy) is 1. The van der Waals surface area contributed by atoms with Gasteiger partial charge in [0.05, 0.1) is 13.2 Å². The molecule has 0 saturated heterocycles. The minimum Gasteiger partial charge on any atom is -0.455 e. The first-order chi connectivity index (χ1) is 10.2. The number of hydrogen-bond donors (Lipinski definition) is 1. The second-order valence-corrected chi connectivity index (χ2v) is 5.23. The summed E-state index contributed by atoms with van der Waals surface area (Å²) in [6.45, 7) is 1.17. The summed E-state index contributed by atoms with van der Waals surface area (Å²) in [6, 6.07) is 12.1. The summed E-state index contributed by atoms with van der Waals surface area (Å²) in [7, 11) is 0. The number of aliphatic hydroxyl groups is 1. The van der Waals surface area contributed by atoms with E-state index in [1.807, 2.05) is 18.2 Å². The quantitative estimate of drug-likeness (QED) is 0.780. The van der Waals surface area contributed by atoms with E-state index in [9.17, 15) is 9.50 Å². The van der Waals surface area contributed by atoms with E-state index in [0.717, 1.165) is 16.7 Å². The van der Waals surface area contributed by atoms with Crippen molar-refractivity contribution < 1.29 is 18.7 Å². The molecule has 0 aliphatic carbocycles. The third-order valence-corrected chi connectivity index (χ3v) is 3.85. The Morgan fingerprint density at radius 1 is 1.05 bits per heavy atom. The largest absolute Gasteiger partial charge is 0.455 e. The first-order valence-corrected chi connectivity index (χ1v) is 6.78. The second kappa shape index (κ2) is 4.69. The highest BCUT2D eigenvalue weighted by atomic mass is 19.1. The van der Waals surface area contributed by atoms with Crippen LogP contribution in [0.4, 0.5) is 4.39 Å². The van der Waals surface area contributed by atoms with Crippen molar-refractivity contribution in [3.05, 3.63) is 70.7 Å². The maximum Gasteiger partial charge on any atom is 0.170 e. The Kier molecular flexibility index (Phi) is 2.80. The maximum absolute atomic E-state index is 13.7. The number of fused-ring (bicyclic) bond motifs is 2. The lowest BCUT2D eigenvalue weighted by atomic mass is 10.0. The van der Waals surface area contributed by atoms with Gasteiger partial charge in [-0.3, -0.25) is 0 Å². The molecule has 1 N–H and O–H groups in total. The summed E-state index contributed by atoms with van der Waals surface area (Å²) in [6.07, 6.45) is -0.914. The zero-order chi connectivity index (χ0) is 14.4. The highest BCUT2D eigenvalue weighted by Gasteiger charge is 2.19. The van der Waals surface area contributed by atoms with Crippen molar-refractivity contribution >= 4 is 11.0 Å². The van der Waals surface area contributed by atoms with Crippen molar-refractivity contribution in [1.29, 1.82) is 0 Å². The van der Waals surface area contributed by atoms with Crippen molar-refractivity contribution in [3.8, 4) is 0 Å². The first kappa shape index (κ1) is 12.6. The maximum atomic E-state index is 13.7. The molecule has 106 valence electrons. The zero-order valence-corrected chi connectivity index (χ0v) is 11.2. The van der Waals surface area contributed by atoms with E-state index in [0.29, 0.717) is 24.4 Å². The molecule has 0 amide bonds. The van der Waals surface area contributed by atoms with Crippen molar-refractivity contribution in [2.24, 2.45) is 0 Å². The highest BCUT2D eigenvalue weighted by Crippen LogP contribution is 2.31. The predicted molar refractivity (Wildman–Crippen MR) is 75.2 cm³/mol. The van der Waals surface area contributed by atoms with E-state index >= 15 is 0 Å². The summed E-state index contributed by atoms with van der Waals surface area (Å²) < 4.78 is 24.5. The SMILES string of the molecule is OC(c1ccc2c(c1)COC2)c1cc2cccc(F)c2o1. The van der Waals surface area contributed by atoms with Crippen LogP contribution in [-0.4, -0.2) is 5.11 Å². The third kappa shape index (κ3) is 2.04. The van der Waals surface area contributed by atoms with Crippen molar-refractivity contribution in [2.75, 3.05) is 0 Å². The van der Waals surface area contributed by atoms with Gasteiger partial charge in [0.15, 0.2) is 11.4 Å². The summed E-state index contributed by atoms with van der Waals surface area (Å²) in [4.78, 5) is 0. The summed E-state index contributed by atoms with van der Waals surface area (Å²) in [5.74, 6) is -0.0812. The van der Waals surface area contributed by atoms with Crippen molar-refractivity contribution in [1.82, 2.24) is 0 Å². The number of para-hydroxylation sites is 1. The van der Waals surface area contributed by atoms with E-state index in [2.05, 4.69) is 0 Å². The molecule has 2 aromatic carbocycles. The fraction of sp³-hybridized carbons (Fsp3) is 0.176. The van der Waals surface area contributed by atoms with Crippen LogP contribution < -0.4 is 0 Å². The molecule has 1 aliphatic heterocycles. The van der Waals surface area contributed by atoms with Crippen LogP contribution in [0.2, 0.25) is 0 Å². The Balaban J connectivity index is 1.75. The summed E-state index contributed by atoms with van der Waals surface area (Å²) in [5.41, 5.74) is 3.12. The third-order valence-electron chi connectivity index (χ3n) is 3.85. The van der Waals surface area contributed by atoms with E-state index in [-0.39, 0.29) is 5.58 Å². The molecule has 1 atom stereocenters. The Hall–Kier alpha value is -2.17. The van der Waals surface area contributed by atoms with E-state index in [4.69, 9.17) is 9.15 Å². The van der Waals surface area contributed by atoms with Gasteiger partial charge in [-0.1, -0.05) is 30.3 Å². The van der Waals surface area contributed by atoms with Gasteiger partial charge in [0.2, 0.25) is 0 Å². The average molecular weight is 284 g/mol. The van der Waals surface area contributed by atoms with Crippen molar-refractivity contribution in [2.45, 2.75) is 19.3 Å². The van der Waals surface area contributed by atoms with Gasteiger partial charge >= 0.3 is 0 Å². The molecule has 0 spiro atoms. The Bertz CT molecular complexity index is 822. The van der Waals surface area contributed by atoms with Crippen LogP contribution in [0, 0.1) is 5.82 Å². The number of halogens is 1.